The number of H-pyrrole nitrogens is 1. The van der Waals surface area contributed by atoms with Crippen molar-refractivity contribution in [3.8, 4) is 0 Å². The number of carbonyl (C=O) groups is 1. The summed E-state index contributed by atoms with van der Waals surface area (Å²) in [6.45, 7) is 2.48. The van der Waals surface area contributed by atoms with Crippen LogP contribution in [-0.4, -0.2) is 48.1 Å². The first-order chi connectivity index (χ1) is 9.75. The molecule has 20 heavy (non-hydrogen) atoms. The maximum atomic E-state index is 12.3. The van der Waals surface area contributed by atoms with Crippen molar-refractivity contribution in [3.05, 3.63) is 36.0 Å². The number of fused-ring (bicyclic) bond motifs is 1. The standard InChI is InChI=1S/C15H19N3O2/c16-13(15(19)18-5-7-20-8-6-18)9-11-10-17-14-4-2-1-3-12(11)14/h1-4,10,13,17H,5-9,16H2/t13-/m0/s1. The molecule has 3 N–H and O–H groups in total. The zero-order valence-electron chi connectivity index (χ0n) is 11.3. The lowest BCUT2D eigenvalue weighted by Crippen LogP contribution is -2.49. The third-order valence-corrected chi connectivity index (χ3v) is 3.75. The number of nitrogens with zero attached hydrogens (tertiary/aromatic N) is 1. The molecule has 3 rings (SSSR count). The molecule has 5 heteroatoms. The van der Waals surface area contributed by atoms with Gasteiger partial charge in [0.05, 0.1) is 19.3 Å². The number of hydrogen-bond acceptors (Lipinski definition) is 3. The summed E-state index contributed by atoms with van der Waals surface area (Å²) in [5.74, 6) is 0.0126. The highest BCUT2D eigenvalue weighted by atomic mass is 16.5. The van der Waals surface area contributed by atoms with Gasteiger partial charge in [-0.3, -0.25) is 4.79 Å². The van der Waals surface area contributed by atoms with Crippen molar-refractivity contribution < 1.29 is 9.53 Å². The average molecular weight is 273 g/mol. The van der Waals surface area contributed by atoms with Gasteiger partial charge in [0.2, 0.25) is 5.91 Å². The van der Waals surface area contributed by atoms with Crippen molar-refractivity contribution >= 4 is 16.8 Å². The number of aromatic nitrogens is 1. The van der Waals surface area contributed by atoms with Crippen molar-refractivity contribution in [1.82, 2.24) is 9.88 Å². The van der Waals surface area contributed by atoms with Gasteiger partial charge in [-0.25, -0.2) is 0 Å². The Balaban J connectivity index is 1.71. The molecule has 1 amide bonds. The number of rotatable bonds is 3. The normalized spacial score (nSPS) is 17.4. The van der Waals surface area contributed by atoms with Gasteiger partial charge in [0.25, 0.3) is 0 Å². The number of para-hydroxylation sites is 1. The number of aromatic amines is 1. The fourth-order valence-electron chi connectivity index (χ4n) is 2.64. The number of hydrogen-bond donors (Lipinski definition) is 2. The zero-order valence-corrected chi connectivity index (χ0v) is 11.3. The molecule has 0 spiro atoms. The Morgan fingerprint density at radius 2 is 2.10 bits per heavy atom. The van der Waals surface area contributed by atoms with Crippen molar-refractivity contribution in [2.45, 2.75) is 12.5 Å². The van der Waals surface area contributed by atoms with E-state index < -0.39 is 6.04 Å². The lowest BCUT2D eigenvalue weighted by atomic mass is 10.0. The van der Waals surface area contributed by atoms with Crippen LogP contribution in [0.5, 0.6) is 0 Å². The molecule has 1 saturated heterocycles. The summed E-state index contributed by atoms with van der Waals surface area (Å²) in [5, 5.41) is 1.14. The molecule has 1 aromatic carbocycles. The molecule has 0 radical (unpaired) electrons. The Bertz CT molecular complexity index is 602. The number of carbonyl (C=O) groups excluding carboxylic acids is 1. The quantitative estimate of drug-likeness (QED) is 0.872. The van der Waals surface area contributed by atoms with Crippen LogP contribution in [0, 0.1) is 0 Å². The first-order valence-corrected chi connectivity index (χ1v) is 6.93. The predicted octanol–water partition coefficient (Wildman–Crippen LogP) is 0.897. The first-order valence-electron chi connectivity index (χ1n) is 6.93. The van der Waals surface area contributed by atoms with Crippen LogP contribution < -0.4 is 5.73 Å². The smallest absolute Gasteiger partial charge is 0.239 e. The number of benzene rings is 1. The molecule has 1 atom stereocenters. The second-order valence-electron chi connectivity index (χ2n) is 5.11. The summed E-state index contributed by atoms with van der Waals surface area (Å²) >= 11 is 0. The molecule has 106 valence electrons. The third kappa shape index (κ3) is 2.55. The molecule has 5 nitrogen and oxygen atoms in total. The van der Waals surface area contributed by atoms with Gasteiger partial charge < -0.3 is 20.4 Å². The molecule has 1 aromatic heterocycles. The van der Waals surface area contributed by atoms with E-state index in [1.54, 1.807) is 4.90 Å². The van der Waals surface area contributed by atoms with E-state index in [1.807, 2.05) is 30.5 Å². The van der Waals surface area contributed by atoms with Crippen LogP contribution in [0.1, 0.15) is 5.56 Å². The van der Waals surface area contributed by atoms with Crippen LogP contribution in [0.2, 0.25) is 0 Å². The molecule has 0 aliphatic carbocycles. The number of nitrogens with two attached hydrogens (primary N) is 1. The first kappa shape index (κ1) is 13.1. The Morgan fingerprint density at radius 3 is 2.90 bits per heavy atom. The van der Waals surface area contributed by atoms with Crippen molar-refractivity contribution in [3.63, 3.8) is 0 Å². The molecule has 2 heterocycles. The van der Waals surface area contributed by atoms with E-state index in [9.17, 15) is 4.79 Å². The van der Waals surface area contributed by atoms with E-state index in [0.717, 1.165) is 16.5 Å². The van der Waals surface area contributed by atoms with E-state index in [2.05, 4.69) is 4.98 Å². The summed E-state index contributed by atoms with van der Waals surface area (Å²) in [5.41, 5.74) is 8.25. The molecular formula is C15H19N3O2. The van der Waals surface area contributed by atoms with E-state index >= 15 is 0 Å². The SMILES string of the molecule is N[C@@H](Cc1c[nH]c2ccccc12)C(=O)N1CCOCC1. The molecule has 0 bridgehead atoms. The number of ether oxygens (including phenoxy) is 1. The fourth-order valence-corrected chi connectivity index (χ4v) is 2.64. The molecular weight excluding hydrogens is 254 g/mol. The molecule has 2 aromatic rings. The summed E-state index contributed by atoms with van der Waals surface area (Å²) in [6, 6.07) is 7.56. The van der Waals surface area contributed by atoms with Gasteiger partial charge >= 0.3 is 0 Å². The minimum absolute atomic E-state index is 0.0126. The molecule has 0 saturated carbocycles. The van der Waals surface area contributed by atoms with Gasteiger partial charge in [-0.1, -0.05) is 18.2 Å². The highest BCUT2D eigenvalue weighted by Crippen LogP contribution is 2.19. The van der Waals surface area contributed by atoms with E-state index in [-0.39, 0.29) is 5.91 Å². The summed E-state index contributed by atoms with van der Waals surface area (Å²) in [4.78, 5) is 17.3. The number of morpholine rings is 1. The van der Waals surface area contributed by atoms with Crippen molar-refractivity contribution in [1.29, 1.82) is 0 Å². The molecule has 0 unspecified atom stereocenters. The number of nitrogens with one attached hydrogen (secondary N) is 1. The predicted molar refractivity (Wildman–Crippen MR) is 77.4 cm³/mol. The van der Waals surface area contributed by atoms with Gasteiger partial charge in [-0.2, -0.15) is 0 Å². The van der Waals surface area contributed by atoms with Gasteiger partial charge in [0.15, 0.2) is 0 Å². The molecule has 1 aliphatic heterocycles. The summed E-state index contributed by atoms with van der Waals surface area (Å²) in [6.07, 6.45) is 2.50. The monoisotopic (exact) mass is 273 g/mol. The van der Waals surface area contributed by atoms with Crippen LogP contribution >= 0.6 is 0 Å². The second kappa shape index (κ2) is 5.64. The maximum Gasteiger partial charge on any atom is 0.239 e. The Morgan fingerprint density at radius 1 is 1.35 bits per heavy atom. The minimum Gasteiger partial charge on any atom is -0.378 e. The van der Waals surface area contributed by atoms with Gasteiger partial charge in [0, 0.05) is 30.2 Å². The van der Waals surface area contributed by atoms with E-state index in [1.165, 1.54) is 0 Å². The van der Waals surface area contributed by atoms with Gasteiger partial charge in [-0.15, -0.1) is 0 Å². The summed E-state index contributed by atoms with van der Waals surface area (Å²) in [7, 11) is 0. The lowest BCUT2D eigenvalue weighted by Gasteiger charge is -2.29. The second-order valence-corrected chi connectivity index (χ2v) is 5.11. The van der Waals surface area contributed by atoms with Crippen LogP contribution in [0.15, 0.2) is 30.5 Å². The van der Waals surface area contributed by atoms with Gasteiger partial charge in [0.1, 0.15) is 0 Å². The Labute approximate surface area is 117 Å². The minimum atomic E-state index is -0.493. The Hall–Kier alpha value is -1.85. The maximum absolute atomic E-state index is 12.3. The molecule has 1 aliphatic rings. The zero-order chi connectivity index (χ0) is 13.9. The highest BCUT2D eigenvalue weighted by molar-refractivity contribution is 5.86. The largest absolute Gasteiger partial charge is 0.378 e. The van der Waals surface area contributed by atoms with E-state index in [4.69, 9.17) is 10.5 Å². The Kier molecular flexibility index (Phi) is 3.71. The topological polar surface area (TPSA) is 71.4 Å². The highest BCUT2D eigenvalue weighted by Gasteiger charge is 2.23. The summed E-state index contributed by atoms with van der Waals surface area (Å²) < 4.78 is 5.25. The van der Waals surface area contributed by atoms with Crippen LogP contribution in [0.3, 0.4) is 0 Å². The van der Waals surface area contributed by atoms with Crippen LogP contribution in [0.25, 0.3) is 10.9 Å². The average Bonchev–Trinajstić information content (AvgIpc) is 2.91. The van der Waals surface area contributed by atoms with Crippen LogP contribution in [0.4, 0.5) is 0 Å². The lowest BCUT2D eigenvalue weighted by molar-refractivity contribution is -0.136. The number of amides is 1. The fraction of sp³-hybridized carbons (Fsp3) is 0.400. The molecule has 1 fully saturated rings. The third-order valence-electron chi connectivity index (χ3n) is 3.75. The van der Waals surface area contributed by atoms with Gasteiger partial charge in [-0.05, 0) is 18.1 Å². The van der Waals surface area contributed by atoms with Crippen LogP contribution in [-0.2, 0) is 16.0 Å². The van der Waals surface area contributed by atoms with Crippen molar-refractivity contribution in [2.24, 2.45) is 5.73 Å². The van der Waals surface area contributed by atoms with Crippen molar-refractivity contribution in [2.75, 3.05) is 26.3 Å². The van der Waals surface area contributed by atoms with E-state index in [0.29, 0.717) is 32.7 Å².